The van der Waals surface area contributed by atoms with Crippen LogP contribution in [0.15, 0.2) is 48.6 Å². The molecule has 0 bridgehead atoms. The lowest BCUT2D eigenvalue weighted by Gasteiger charge is -2.37. The Hall–Kier alpha value is -2.41. The van der Waals surface area contributed by atoms with Crippen LogP contribution in [0.1, 0.15) is 51.0 Å². The maximum absolute atomic E-state index is 14.8. The molecular weight excluding hydrogens is 447 g/mol. The number of hydrogen-bond donors (Lipinski definition) is 1. The van der Waals surface area contributed by atoms with Crippen LogP contribution in [0.3, 0.4) is 0 Å². The van der Waals surface area contributed by atoms with Crippen LogP contribution in [-0.4, -0.2) is 16.9 Å². The van der Waals surface area contributed by atoms with Crippen molar-refractivity contribution in [2.45, 2.75) is 56.3 Å². The number of nitrogens with one attached hydrogen (secondary N) is 1. The SMILES string of the molecule is CCSC1CCC(CC(=O)Nc2ccc(OC3(c4ccc(F)cc4F)C=CC3)c(F)c2)CC1. The molecule has 2 aromatic carbocycles. The third-order valence-electron chi connectivity index (χ3n) is 6.37. The van der Waals surface area contributed by atoms with Gasteiger partial charge in [-0.2, -0.15) is 11.8 Å². The van der Waals surface area contributed by atoms with Crippen molar-refractivity contribution < 1.29 is 22.7 Å². The van der Waals surface area contributed by atoms with Crippen LogP contribution >= 0.6 is 11.8 Å². The molecule has 1 N–H and O–H groups in total. The highest BCUT2D eigenvalue weighted by atomic mass is 32.2. The van der Waals surface area contributed by atoms with Crippen LogP contribution in [0.25, 0.3) is 0 Å². The molecule has 2 aromatic rings. The number of anilines is 1. The quantitative estimate of drug-likeness (QED) is 0.419. The minimum Gasteiger partial charge on any atom is -0.475 e. The van der Waals surface area contributed by atoms with E-state index in [0.29, 0.717) is 29.7 Å². The average molecular weight is 476 g/mol. The van der Waals surface area contributed by atoms with Gasteiger partial charge in [0.25, 0.3) is 0 Å². The fourth-order valence-corrected chi connectivity index (χ4v) is 5.64. The van der Waals surface area contributed by atoms with Crippen LogP contribution in [0.2, 0.25) is 0 Å². The first-order valence-electron chi connectivity index (χ1n) is 11.4. The van der Waals surface area contributed by atoms with Gasteiger partial charge in [-0.25, -0.2) is 13.2 Å². The summed E-state index contributed by atoms with van der Waals surface area (Å²) in [6, 6.07) is 7.46. The molecule has 0 spiro atoms. The fraction of sp³-hybridized carbons (Fsp3) is 0.423. The molecule has 2 aliphatic carbocycles. The van der Waals surface area contributed by atoms with Crippen molar-refractivity contribution in [3.63, 3.8) is 0 Å². The van der Waals surface area contributed by atoms with Crippen molar-refractivity contribution in [3.8, 4) is 5.75 Å². The molecule has 1 amide bonds. The van der Waals surface area contributed by atoms with Gasteiger partial charge in [0.05, 0.1) is 0 Å². The molecule has 33 heavy (non-hydrogen) atoms. The number of ether oxygens (including phenoxy) is 1. The Balaban J connectivity index is 1.37. The van der Waals surface area contributed by atoms with Crippen LogP contribution < -0.4 is 10.1 Å². The summed E-state index contributed by atoms with van der Waals surface area (Å²) in [5.41, 5.74) is -0.681. The molecule has 0 heterocycles. The molecule has 2 aliphatic rings. The molecule has 1 atom stereocenters. The zero-order chi connectivity index (χ0) is 23.4. The topological polar surface area (TPSA) is 38.3 Å². The Morgan fingerprint density at radius 3 is 2.45 bits per heavy atom. The van der Waals surface area contributed by atoms with Gasteiger partial charge in [0.1, 0.15) is 11.6 Å². The lowest BCUT2D eigenvalue weighted by Crippen LogP contribution is -2.36. The monoisotopic (exact) mass is 475 g/mol. The zero-order valence-corrected chi connectivity index (χ0v) is 19.4. The Labute approximate surface area is 196 Å². The van der Waals surface area contributed by atoms with Crippen LogP contribution in [0.5, 0.6) is 5.75 Å². The Morgan fingerprint density at radius 2 is 1.85 bits per heavy atom. The Bertz CT molecular complexity index is 1040. The van der Waals surface area contributed by atoms with E-state index in [4.69, 9.17) is 4.74 Å². The van der Waals surface area contributed by atoms with E-state index >= 15 is 0 Å². The van der Waals surface area contributed by atoms with Crippen LogP contribution in [0.4, 0.5) is 18.9 Å². The summed E-state index contributed by atoms with van der Waals surface area (Å²) < 4.78 is 48.3. The first kappa shape index (κ1) is 23.7. The second-order valence-corrected chi connectivity index (χ2v) is 10.3. The standard InChI is InChI=1S/C26H28F3NO2S/c1-2-33-20-8-4-17(5-9-20)14-25(31)30-19-7-11-24(23(29)16-19)32-26(12-3-13-26)21-10-6-18(27)15-22(21)28/h3,6-7,10-12,15-17,20H,2,4-5,8-9,13-14H2,1H3,(H,30,31). The lowest BCUT2D eigenvalue weighted by atomic mass is 9.82. The third-order valence-corrected chi connectivity index (χ3v) is 7.65. The van der Waals surface area contributed by atoms with E-state index in [-0.39, 0.29) is 17.2 Å². The Kier molecular flexibility index (Phi) is 7.37. The molecule has 3 nitrogen and oxygen atoms in total. The minimum absolute atomic E-state index is 0.0622. The number of thioether (sulfide) groups is 1. The van der Waals surface area contributed by atoms with Crippen molar-refractivity contribution >= 4 is 23.4 Å². The van der Waals surface area contributed by atoms with E-state index in [1.807, 2.05) is 11.8 Å². The number of carbonyl (C=O) groups excluding carboxylic acids is 1. The van der Waals surface area contributed by atoms with Gasteiger partial charge in [0.2, 0.25) is 5.91 Å². The molecule has 4 rings (SSSR count). The van der Waals surface area contributed by atoms with Gasteiger partial charge in [0, 0.05) is 41.5 Å². The van der Waals surface area contributed by atoms with Crippen molar-refractivity contribution in [2.24, 2.45) is 5.92 Å². The third kappa shape index (κ3) is 5.57. The van der Waals surface area contributed by atoms with Crippen molar-refractivity contribution in [3.05, 3.63) is 71.6 Å². The predicted octanol–water partition coefficient (Wildman–Crippen LogP) is 6.98. The second kappa shape index (κ2) is 10.2. The van der Waals surface area contributed by atoms with Crippen molar-refractivity contribution in [1.29, 1.82) is 0 Å². The summed E-state index contributed by atoms with van der Waals surface area (Å²) in [6.45, 7) is 2.17. The zero-order valence-electron chi connectivity index (χ0n) is 18.6. The summed E-state index contributed by atoms with van der Waals surface area (Å²) in [4.78, 5) is 12.5. The summed E-state index contributed by atoms with van der Waals surface area (Å²) in [7, 11) is 0. The van der Waals surface area contributed by atoms with Gasteiger partial charge < -0.3 is 10.1 Å². The number of carbonyl (C=O) groups is 1. The molecule has 0 radical (unpaired) electrons. The summed E-state index contributed by atoms with van der Waals surface area (Å²) in [5.74, 6) is -0.791. The average Bonchev–Trinajstić information content (AvgIpc) is 2.74. The van der Waals surface area contributed by atoms with Gasteiger partial charge in [-0.1, -0.05) is 13.0 Å². The number of amides is 1. The number of hydrogen-bond acceptors (Lipinski definition) is 3. The predicted molar refractivity (Wildman–Crippen MR) is 126 cm³/mol. The Morgan fingerprint density at radius 1 is 1.09 bits per heavy atom. The van der Waals surface area contributed by atoms with Gasteiger partial charge in [-0.3, -0.25) is 4.79 Å². The summed E-state index contributed by atoms with van der Waals surface area (Å²) in [5, 5.41) is 3.48. The lowest BCUT2D eigenvalue weighted by molar-refractivity contribution is -0.117. The van der Waals surface area contributed by atoms with Crippen LogP contribution in [-0.2, 0) is 10.4 Å². The van der Waals surface area contributed by atoms with Gasteiger partial charge in [-0.05, 0) is 67.7 Å². The molecule has 0 aromatic heterocycles. The first-order chi connectivity index (χ1) is 15.9. The van der Waals surface area contributed by atoms with Gasteiger partial charge in [-0.15, -0.1) is 0 Å². The normalized spacial score (nSPS) is 24.2. The van der Waals surface area contributed by atoms with E-state index < -0.39 is 23.1 Å². The smallest absolute Gasteiger partial charge is 0.224 e. The van der Waals surface area contributed by atoms with E-state index in [1.165, 1.54) is 18.2 Å². The van der Waals surface area contributed by atoms with Crippen molar-refractivity contribution in [2.75, 3.05) is 11.1 Å². The second-order valence-electron chi connectivity index (χ2n) is 8.72. The molecule has 176 valence electrons. The number of halogens is 3. The maximum atomic E-state index is 14.8. The highest BCUT2D eigenvalue weighted by molar-refractivity contribution is 7.99. The maximum Gasteiger partial charge on any atom is 0.224 e. The van der Waals surface area contributed by atoms with E-state index in [2.05, 4.69) is 12.2 Å². The largest absolute Gasteiger partial charge is 0.475 e. The summed E-state index contributed by atoms with van der Waals surface area (Å²) in [6.07, 6.45) is 8.55. The summed E-state index contributed by atoms with van der Waals surface area (Å²) >= 11 is 1.99. The molecule has 1 unspecified atom stereocenters. The molecule has 0 aliphatic heterocycles. The molecule has 1 fully saturated rings. The first-order valence-corrected chi connectivity index (χ1v) is 12.5. The fourth-order valence-electron chi connectivity index (χ4n) is 4.57. The highest BCUT2D eigenvalue weighted by Gasteiger charge is 2.39. The molecule has 7 heteroatoms. The molecule has 0 saturated heterocycles. The minimum atomic E-state index is -1.18. The van der Waals surface area contributed by atoms with Gasteiger partial charge in [0.15, 0.2) is 17.2 Å². The van der Waals surface area contributed by atoms with Gasteiger partial charge >= 0.3 is 0 Å². The van der Waals surface area contributed by atoms with E-state index in [9.17, 15) is 18.0 Å². The van der Waals surface area contributed by atoms with Crippen molar-refractivity contribution in [1.82, 2.24) is 0 Å². The molecule has 1 saturated carbocycles. The molecular formula is C26H28F3NO2S. The van der Waals surface area contributed by atoms with Crippen LogP contribution in [0, 0.1) is 23.4 Å². The number of rotatable bonds is 8. The van der Waals surface area contributed by atoms with E-state index in [0.717, 1.165) is 43.6 Å². The number of benzene rings is 2. The highest BCUT2D eigenvalue weighted by Crippen LogP contribution is 2.41. The van der Waals surface area contributed by atoms with E-state index in [1.54, 1.807) is 18.2 Å².